The van der Waals surface area contributed by atoms with Gasteiger partial charge in [-0.2, -0.15) is 10.1 Å². The number of para-hydroxylation sites is 1. The molecule has 0 unspecified atom stereocenters. The average molecular weight is 482 g/mol. The average Bonchev–Trinajstić information content (AvgIpc) is 3.28. The van der Waals surface area contributed by atoms with Crippen LogP contribution in [0, 0.1) is 6.92 Å². The van der Waals surface area contributed by atoms with Crippen molar-refractivity contribution in [3.8, 4) is 0 Å². The predicted octanol–water partition coefficient (Wildman–Crippen LogP) is 5.59. The molecule has 0 saturated heterocycles. The molecule has 0 bridgehead atoms. The van der Waals surface area contributed by atoms with E-state index in [-0.39, 0.29) is 16.8 Å². The minimum Gasteiger partial charge on any atom is -0.463 e. The molecule has 0 atom stereocenters. The van der Waals surface area contributed by atoms with Crippen LogP contribution in [-0.4, -0.2) is 22.9 Å². The molecule has 0 fully saturated rings. The number of carbonyl (C=O) groups is 2. The fraction of sp³-hybridized carbons (Fsp3) is 0.0741. The summed E-state index contributed by atoms with van der Waals surface area (Å²) in [6.07, 6.45) is 2.62. The number of ketones is 1. The van der Waals surface area contributed by atoms with Crippen LogP contribution in [0.4, 0.5) is 5.13 Å². The third-order valence-electron chi connectivity index (χ3n) is 5.46. The standard InChI is InChI=1S/C27H19N3O4S/c1-16-7-12-22-24(13-16)35-27(29-22)30(26(33)19-10-8-18(9-11-19)17(2)31)28-14-20-15-34-23-6-4-3-5-21(23)25(20)32/h3-15H,1-2H3/b28-14+. The van der Waals surface area contributed by atoms with Gasteiger partial charge in [-0.3, -0.25) is 14.4 Å². The van der Waals surface area contributed by atoms with E-state index in [4.69, 9.17) is 4.42 Å². The van der Waals surface area contributed by atoms with Gasteiger partial charge in [0.25, 0.3) is 5.91 Å². The molecule has 1 amide bonds. The number of thiazole rings is 1. The Morgan fingerprint density at radius 1 is 1.03 bits per heavy atom. The Labute approximate surface area is 204 Å². The van der Waals surface area contributed by atoms with Crippen molar-refractivity contribution in [2.45, 2.75) is 13.8 Å². The molecule has 0 aliphatic rings. The highest BCUT2D eigenvalue weighted by Crippen LogP contribution is 2.30. The minimum absolute atomic E-state index is 0.0940. The lowest BCUT2D eigenvalue weighted by molar-refractivity contribution is 0.0983. The molecule has 5 aromatic rings. The minimum atomic E-state index is -0.447. The summed E-state index contributed by atoms with van der Waals surface area (Å²) < 4.78 is 6.47. The molecular weight excluding hydrogens is 462 g/mol. The van der Waals surface area contributed by atoms with Crippen molar-refractivity contribution in [3.63, 3.8) is 0 Å². The second-order valence-corrected chi connectivity index (χ2v) is 8.99. The lowest BCUT2D eigenvalue weighted by Crippen LogP contribution is -2.26. The first kappa shape index (κ1) is 22.4. The molecule has 8 heteroatoms. The summed E-state index contributed by atoms with van der Waals surface area (Å²) in [6.45, 7) is 3.45. The molecule has 0 spiro atoms. The van der Waals surface area contributed by atoms with Gasteiger partial charge in [0.05, 0.1) is 27.4 Å². The van der Waals surface area contributed by atoms with Crippen LogP contribution in [0.2, 0.25) is 0 Å². The van der Waals surface area contributed by atoms with E-state index in [1.54, 1.807) is 48.5 Å². The highest BCUT2D eigenvalue weighted by molar-refractivity contribution is 7.22. The van der Waals surface area contributed by atoms with Gasteiger partial charge in [0.2, 0.25) is 10.6 Å². The van der Waals surface area contributed by atoms with Gasteiger partial charge in [0.15, 0.2) is 5.78 Å². The van der Waals surface area contributed by atoms with Gasteiger partial charge < -0.3 is 4.42 Å². The molecule has 0 aliphatic heterocycles. The first-order valence-electron chi connectivity index (χ1n) is 10.8. The van der Waals surface area contributed by atoms with Crippen molar-refractivity contribution in [2.24, 2.45) is 5.10 Å². The maximum atomic E-state index is 13.5. The molecular formula is C27H19N3O4S. The molecule has 0 N–H and O–H groups in total. The van der Waals surface area contributed by atoms with Crippen molar-refractivity contribution in [2.75, 3.05) is 5.01 Å². The Balaban J connectivity index is 1.58. The quantitative estimate of drug-likeness (QED) is 0.185. The van der Waals surface area contributed by atoms with Crippen LogP contribution in [0.15, 0.2) is 87.3 Å². The van der Waals surface area contributed by atoms with Crippen LogP contribution in [0.5, 0.6) is 0 Å². The third-order valence-corrected chi connectivity index (χ3v) is 6.46. The number of hydrogen-bond donors (Lipinski definition) is 0. The first-order chi connectivity index (χ1) is 16.9. The predicted molar refractivity (Wildman–Crippen MR) is 138 cm³/mol. The van der Waals surface area contributed by atoms with E-state index in [0.29, 0.717) is 27.2 Å². The van der Waals surface area contributed by atoms with Crippen LogP contribution >= 0.6 is 11.3 Å². The molecule has 3 aromatic carbocycles. The van der Waals surface area contributed by atoms with E-state index in [1.165, 1.54) is 30.7 Å². The molecule has 0 radical (unpaired) electrons. The number of Topliss-reactive ketones (excluding diaryl/α,β-unsaturated/α-hetero) is 1. The number of nitrogens with zero attached hydrogens (tertiary/aromatic N) is 3. The molecule has 35 heavy (non-hydrogen) atoms. The number of anilines is 1. The first-order valence-corrected chi connectivity index (χ1v) is 11.6. The third kappa shape index (κ3) is 4.39. The van der Waals surface area contributed by atoms with Gasteiger partial charge in [0.1, 0.15) is 11.8 Å². The van der Waals surface area contributed by atoms with Gasteiger partial charge in [0, 0.05) is 11.1 Å². The van der Waals surface area contributed by atoms with Crippen LogP contribution in [0.3, 0.4) is 0 Å². The summed E-state index contributed by atoms with van der Waals surface area (Å²) in [5.41, 5.74) is 3.05. The fourth-order valence-electron chi connectivity index (χ4n) is 3.57. The lowest BCUT2D eigenvalue weighted by atomic mass is 10.1. The molecule has 2 aromatic heterocycles. The van der Waals surface area contributed by atoms with Crippen molar-refractivity contribution >= 4 is 55.6 Å². The highest BCUT2D eigenvalue weighted by atomic mass is 32.1. The summed E-state index contributed by atoms with van der Waals surface area (Å²) in [5, 5.41) is 6.30. The molecule has 2 heterocycles. The van der Waals surface area contributed by atoms with Crippen molar-refractivity contribution in [1.29, 1.82) is 0 Å². The van der Waals surface area contributed by atoms with Gasteiger partial charge in [-0.1, -0.05) is 41.7 Å². The van der Waals surface area contributed by atoms with E-state index < -0.39 is 5.91 Å². The second kappa shape index (κ2) is 9.08. The lowest BCUT2D eigenvalue weighted by Gasteiger charge is -2.14. The normalized spacial score (nSPS) is 11.4. The Morgan fingerprint density at radius 2 is 1.77 bits per heavy atom. The van der Waals surface area contributed by atoms with Gasteiger partial charge in [-0.05, 0) is 55.8 Å². The Bertz CT molecular complexity index is 1680. The smallest absolute Gasteiger partial charge is 0.280 e. The van der Waals surface area contributed by atoms with Gasteiger partial charge in [-0.25, -0.2) is 4.98 Å². The Hall–Kier alpha value is -4.43. The number of aromatic nitrogens is 1. The van der Waals surface area contributed by atoms with Crippen LogP contribution in [0.25, 0.3) is 21.2 Å². The van der Waals surface area contributed by atoms with Crippen LogP contribution < -0.4 is 10.4 Å². The van der Waals surface area contributed by atoms with E-state index in [0.717, 1.165) is 20.8 Å². The number of aryl methyl sites for hydroxylation is 1. The summed E-state index contributed by atoms with van der Waals surface area (Å²) in [4.78, 5) is 42.6. The summed E-state index contributed by atoms with van der Waals surface area (Å²) in [5.74, 6) is -0.541. The number of benzene rings is 3. The van der Waals surface area contributed by atoms with Crippen molar-refractivity contribution in [3.05, 3.63) is 105 Å². The molecule has 5 rings (SSSR count). The number of rotatable bonds is 5. The van der Waals surface area contributed by atoms with E-state index >= 15 is 0 Å². The number of hydrazone groups is 1. The number of carbonyl (C=O) groups excluding carboxylic acids is 2. The number of fused-ring (bicyclic) bond motifs is 2. The highest BCUT2D eigenvalue weighted by Gasteiger charge is 2.21. The zero-order valence-corrected chi connectivity index (χ0v) is 19.7. The zero-order chi connectivity index (χ0) is 24.5. The number of hydrogen-bond acceptors (Lipinski definition) is 7. The van der Waals surface area contributed by atoms with Crippen molar-refractivity contribution in [1.82, 2.24) is 4.98 Å². The largest absolute Gasteiger partial charge is 0.463 e. The molecule has 7 nitrogen and oxygen atoms in total. The van der Waals surface area contributed by atoms with Crippen LogP contribution in [-0.2, 0) is 0 Å². The zero-order valence-electron chi connectivity index (χ0n) is 18.9. The van der Waals surface area contributed by atoms with E-state index in [1.807, 2.05) is 25.1 Å². The summed E-state index contributed by atoms with van der Waals surface area (Å²) in [6, 6.07) is 19.1. The van der Waals surface area contributed by atoms with Crippen LogP contribution in [0.1, 0.15) is 38.8 Å². The summed E-state index contributed by atoms with van der Waals surface area (Å²) in [7, 11) is 0. The Kier molecular flexibility index (Phi) is 5.80. The maximum Gasteiger partial charge on any atom is 0.280 e. The van der Waals surface area contributed by atoms with E-state index in [2.05, 4.69) is 10.1 Å². The molecule has 172 valence electrons. The second-order valence-electron chi connectivity index (χ2n) is 7.98. The topological polar surface area (TPSA) is 92.8 Å². The molecule has 0 aliphatic carbocycles. The van der Waals surface area contributed by atoms with E-state index in [9.17, 15) is 14.4 Å². The SMILES string of the molecule is CC(=O)c1ccc(C(=O)N(/N=C/c2coc3ccccc3c2=O)c2nc3ccc(C)cc3s2)cc1. The maximum absolute atomic E-state index is 13.5. The number of amides is 1. The fourth-order valence-corrected chi connectivity index (χ4v) is 4.59. The Morgan fingerprint density at radius 3 is 2.54 bits per heavy atom. The van der Waals surface area contributed by atoms with Gasteiger partial charge >= 0.3 is 0 Å². The monoisotopic (exact) mass is 481 g/mol. The molecule has 0 saturated carbocycles. The van der Waals surface area contributed by atoms with Crippen molar-refractivity contribution < 1.29 is 14.0 Å². The van der Waals surface area contributed by atoms with Gasteiger partial charge in [-0.15, -0.1) is 0 Å². The summed E-state index contributed by atoms with van der Waals surface area (Å²) >= 11 is 1.32.